The molecule has 234 valence electrons. The predicted molar refractivity (Wildman–Crippen MR) is 182 cm³/mol. The Bertz CT molecular complexity index is 2130. The molecule has 0 fully saturated rings. The van der Waals surface area contributed by atoms with Gasteiger partial charge >= 0.3 is 0 Å². The molecule has 3 aromatic heterocycles. The second kappa shape index (κ2) is 11.7. The summed E-state index contributed by atoms with van der Waals surface area (Å²) >= 11 is 4.91. The molecule has 0 amide bonds. The van der Waals surface area contributed by atoms with E-state index in [2.05, 4.69) is 72.2 Å². The summed E-state index contributed by atoms with van der Waals surface area (Å²) < 4.78 is 35.9. The molecule has 4 heterocycles. The molecule has 3 aromatic carbocycles. The number of halogens is 3. The van der Waals surface area contributed by atoms with Crippen LogP contribution in [0.5, 0.6) is 0 Å². The molecule has 46 heavy (non-hydrogen) atoms. The van der Waals surface area contributed by atoms with Gasteiger partial charge in [-0.15, -0.1) is 0 Å². The fourth-order valence-corrected chi connectivity index (χ4v) is 7.55. The molecular formula is C36H33BrF2N6S. The fraction of sp³-hybridized carbons (Fsp3) is 0.250. The van der Waals surface area contributed by atoms with Gasteiger partial charge in [0.25, 0.3) is 0 Å². The van der Waals surface area contributed by atoms with Crippen molar-refractivity contribution in [1.82, 2.24) is 29.5 Å². The molecule has 0 saturated carbocycles. The minimum absolute atomic E-state index is 0.195. The molecule has 1 N–H and O–H groups in total. The summed E-state index contributed by atoms with van der Waals surface area (Å²) in [7, 11) is 1.78. The third kappa shape index (κ3) is 5.51. The van der Waals surface area contributed by atoms with Crippen LogP contribution in [-0.2, 0) is 24.4 Å². The zero-order chi connectivity index (χ0) is 32.2. The smallest absolute Gasteiger partial charge is 0.161 e. The second-order valence-corrected chi connectivity index (χ2v) is 14.8. The Balaban J connectivity index is 1.42. The molecule has 0 spiro atoms. The third-order valence-corrected chi connectivity index (χ3v) is 10.7. The molecule has 7 rings (SSSR count). The summed E-state index contributed by atoms with van der Waals surface area (Å²) in [6, 6.07) is 16.5. The van der Waals surface area contributed by atoms with Crippen LogP contribution >= 0.6 is 27.7 Å². The standard InChI is InChI=1S/C36H33BrF2N6S/c1-35(2)13-5-6-14-36(3,22-8-7-9-24(37)16-22)34-42-33(44(4)43-34)27-17-25(10-11-29(27)38)46-32-28(21-45-20-23(35)19-41-45)26-12-15-40-31(26)18-30(32)39/h5-12,15-20,40H,13-14,21H2,1-4H3/b6-5-. The third-order valence-electron chi connectivity index (χ3n) is 9.04. The van der Waals surface area contributed by atoms with Crippen LogP contribution in [-0.4, -0.2) is 29.5 Å². The first-order valence-electron chi connectivity index (χ1n) is 15.1. The normalized spacial score (nSPS) is 18.8. The topological polar surface area (TPSA) is 64.3 Å². The largest absolute Gasteiger partial charge is 0.361 e. The SMILES string of the molecule is Cn1nc2nc1-c1cc(ccc1F)Sc1c(F)cc3[nH]ccc3c1Cn1cc(cn1)C(C)(C)C/C=C\CC2(C)c1cccc(Br)c1. The summed E-state index contributed by atoms with van der Waals surface area (Å²) in [4.78, 5) is 9.29. The summed E-state index contributed by atoms with van der Waals surface area (Å²) in [5, 5.41) is 10.5. The van der Waals surface area contributed by atoms with Crippen molar-refractivity contribution in [3.63, 3.8) is 0 Å². The van der Waals surface area contributed by atoms with Gasteiger partial charge in [-0.05, 0) is 84.3 Å². The summed E-state index contributed by atoms with van der Waals surface area (Å²) in [6.07, 6.45) is 11.6. The zero-order valence-electron chi connectivity index (χ0n) is 26.0. The zero-order valence-corrected chi connectivity index (χ0v) is 28.4. The quantitative estimate of drug-likeness (QED) is 0.174. The minimum Gasteiger partial charge on any atom is -0.361 e. The highest BCUT2D eigenvalue weighted by Crippen LogP contribution is 2.41. The van der Waals surface area contributed by atoms with Gasteiger partial charge in [-0.25, -0.2) is 18.4 Å². The Morgan fingerprint density at radius 2 is 1.78 bits per heavy atom. The van der Waals surface area contributed by atoms with Gasteiger partial charge < -0.3 is 4.98 Å². The van der Waals surface area contributed by atoms with Crippen molar-refractivity contribution in [3.8, 4) is 11.4 Å². The highest BCUT2D eigenvalue weighted by atomic mass is 79.9. The number of nitrogens with zero attached hydrogens (tertiary/aromatic N) is 5. The molecule has 6 bridgehead atoms. The number of hydrogen-bond donors (Lipinski definition) is 1. The molecular weight excluding hydrogens is 666 g/mol. The lowest BCUT2D eigenvalue weighted by Gasteiger charge is -2.27. The molecule has 1 unspecified atom stereocenters. The van der Waals surface area contributed by atoms with Crippen molar-refractivity contribution in [3.05, 3.63) is 124 Å². The van der Waals surface area contributed by atoms with E-state index in [1.54, 1.807) is 23.9 Å². The molecule has 1 aliphatic rings. The lowest BCUT2D eigenvalue weighted by atomic mass is 9.78. The van der Waals surface area contributed by atoms with E-state index in [-0.39, 0.29) is 11.2 Å². The molecule has 0 aliphatic carbocycles. The Kier molecular flexibility index (Phi) is 7.76. The lowest BCUT2D eigenvalue weighted by Crippen LogP contribution is -2.25. The Morgan fingerprint density at radius 1 is 0.957 bits per heavy atom. The van der Waals surface area contributed by atoms with Crippen molar-refractivity contribution in [2.75, 3.05) is 0 Å². The van der Waals surface area contributed by atoms with Crippen LogP contribution in [0.2, 0.25) is 0 Å². The van der Waals surface area contributed by atoms with Crippen molar-refractivity contribution in [2.45, 2.75) is 60.8 Å². The number of benzene rings is 3. The summed E-state index contributed by atoms with van der Waals surface area (Å²) in [5.74, 6) is 0.226. The van der Waals surface area contributed by atoms with Crippen LogP contribution in [0, 0.1) is 11.6 Å². The number of aryl methyl sites for hydroxylation is 1. The van der Waals surface area contributed by atoms with Gasteiger partial charge in [0.05, 0.1) is 28.6 Å². The maximum atomic E-state index is 15.9. The Labute approximate surface area is 279 Å². The van der Waals surface area contributed by atoms with Crippen molar-refractivity contribution < 1.29 is 8.78 Å². The Hall–Kier alpha value is -4.02. The highest BCUT2D eigenvalue weighted by Gasteiger charge is 2.34. The second-order valence-electron chi connectivity index (χ2n) is 12.8. The lowest BCUT2D eigenvalue weighted by molar-refractivity contribution is 0.519. The predicted octanol–water partition coefficient (Wildman–Crippen LogP) is 9.33. The number of fused-ring (bicyclic) bond motifs is 10. The first-order valence-corrected chi connectivity index (χ1v) is 16.7. The van der Waals surface area contributed by atoms with Crippen LogP contribution in [0.3, 0.4) is 0 Å². The van der Waals surface area contributed by atoms with Gasteiger partial charge in [0, 0.05) is 39.7 Å². The number of aromatic amines is 1. The van der Waals surface area contributed by atoms with E-state index in [1.807, 2.05) is 35.3 Å². The average molecular weight is 700 g/mol. The van der Waals surface area contributed by atoms with Gasteiger partial charge in [-0.3, -0.25) is 4.68 Å². The van der Waals surface area contributed by atoms with Crippen LogP contribution in [0.15, 0.2) is 99.6 Å². The maximum Gasteiger partial charge on any atom is 0.161 e. The van der Waals surface area contributed by atoms with E-state index < -0.39 is 11.2 Å². The van der Waals surface area contributed by atoms with E-state index in [1.165, 1.54) is 23.9 Å². The monoisotopic (exact) mass is 698 g/mol. The van der Waals surface area contributed by atoms with Crippen LogP contribution in [0.25, 0.3) is 22.3 Å². The van der Waals surface area contributed by atoms with Gasteiger partial charge in [0.15, 0.2) is 11.6 Å². The number of hydrogen-bond acceptors (Lipinski definition) is 4. The van der Waals surface area contributed by atoms with Crippen LogP contribution < -0.4 is 0 Å². The maximum absolute atomic E-state index is 15.9. The van der Waals surface area contributed by atoms with Gasteiger partial charge in [0.1, 0.15) is 11.6 Å². The molecule has 0 radical (unpaired) electrons. The van der Waals surface area contributed by atoms with Gasteiger partial charge in [-0.2, -0.15) is 10.2 Å². The van der Waals surface area contributed by atoms with E-state index in [0.29, 0.717) is 45.5 Å². The summed E-state index contributed by atoms with van der Waals surface area (Å²) in [5.41, 5.74) is 3.18. The number of H-pyrrole nitrogens is 1. The molecule has 6 aromatic rings. The van der Waals surface area contributed by atoms with Crippen molar-refractivity contribution >= 4 is 38.6 Å². The van der Waals surface area contributed by atoms with Gasteiger partial charge in [-0.1, -0.05) is 65.8 Å². The molecule has 1 aliphatic heterocycles. The molecule has 10 heteroatoms. The number of allylic oxidation sites excluding steroid dienone is 2. The molecule has 1 atom stereocenters. The van der Waals surface area contributed by atoms with E-state index >= 15 is 8.78 Å². The van der Waals surface area contributed by atoms with E-state index in [4.69, 9.17) is 15.2 Å². The van der Waals surface area contributed by atoms with E-state index in [0.717, 1.165) is 33.0 Å². The highest BCUT2D eigenvalue weighted by molar-refractivity contribution is 9.10. The average Bonchev–Trinajstić information content (AvgIpc) is 3.78. The first-order chi connectivity index (χ1) is 22.0. The van der Waals surface area contributed by atoms with Crippen molar-refractivity contribution in [1.29, 1.82) is 0 Å². The summed E-state index contributed by atoms with van der Waals surface area (Å²) in [6.45, 7) is 6.92. The van der Waals surface area contributed by atoms with E-state index in [9.17, 15) is 0 Å². The number of aromatic nitrogens is 6. The van der Waals surface area contributed by atoms with Crippen molar-refractivity contribution in [2.24, 2.45) is 7.05 Å². The molecule has 0 saturated heterocycles. The minimum atomic E-state index is -0.596. The molecule has 6 nitrogen and oxygen atoms in total. The Morgan fingerprint density at radius 3 is 2.61 bits per heavy atom. The first kappa shape index (κ1) is 30.6. The number of nitrogens with one attached hydrogen (secondary N) is 1. The fourth-order valence-electron chi connectivity index (χ4n) is 6.15. The van der Waals surface area contributed by atoms with Crippen LogP contribution in [0.4, 0.5) is 8.78 Å². The number of rotatable bonds is 1. The van der Waals surface area contributed by atoms with Gasteiger partial charge in [0.2, 0.25) is 0 Å². The van der Waals surface area contributed by atoms with Crippen LogP contribution in [0.1, 0.15) is 56.1 Å².